The Morgan fingerprint density at radius 3 is 2.39 bits per heavy atom. The van der Waals surface area contributed by atoms with Crippen LogP contribution < -0.4 is 0 Å². The van der Waals surface area contributed by atoms with Gasteiger partial charge >= 0.3 is 0 Å². The molecule has 0 bridgehead atoms. The summed E-state index contributed by atoms with van der Waals surface area (Å²) in [7, 11) is 0. The molecule has 2 aromatic heterocycles. The Labute approximate surface area is 200 Å². The van der Waals surface area contributed by atoms with Crippen molar-refractivity contribution in [2.24, 2.45) is 0 Å². The highest BCUT2D eigenvalue weighted by Crippen LogP contribution is 2.25. The van der Waals surface area contributed by atoms with Gasteiger partial charge in [-0.3, -0.25) is 4.79 Å². The van der Waals surface area contributed by atoms with Crippen LogP contribution in [0.3, 0.4) is 0 Å². The highest BCUT2D eigenvalue weighted by atomic mass is 32.2. The summed E-state index contributed by atoms with van der Waals surface area (Å²) in [4.78, 5) is 17.6. The van der Waals surface area contributed by atoms with Crippen molar-refractivity contribution in [3.8, 4) is 11.5 Å². The third-order valence-corrected chi connectivity index (χ3v) is 7.84. The van der Waals surface area contributed by atoms with E-state index in [1.54, 1.807) is 11.8 Å². The molecule has 0 atom stereocenters. The molecule has 0 aliphatic carbocycles. The van der Waals surface area contributed by atoms with Crippen LogP contribution in [0.5, 0.6) is 0 Å². The molecule has 2 fully saturated rings. The third kappa shape index (κ3) is 5.20. The lowest BCUT2D eigenvalue weighted by atomic mass is 10.00. The number of thioether (sulfide) groups is 1. The molecule has 7 heteroatoms. The Morgan fingerprint density at radius 2 is 1.67 bits per heavy atom. The number of nitrogens with zero attached hydrogens (tertiary/aromatic N) is 5. The van der Waals surface area contributed by atoms with Gasteiger partial charge in [-0.05, 0) is 63.0 Å². The summed E-state index contributed by atoms with van der Waals surface area (Å²) >= 11 is 1.69. The van der Waals surface area contributed by atoms with Crippen molar-refractivity contribution in [1.29, 1.82) is 0 Å². The van der Waals surface area contributed by atoms with Gasteiger partial charge < -0.3 is 14.4 Å². The van der Waals surface area contributed by atoms with Gasteiger partial charge in [0.05, 0.1) is 17.6 Å². The number of carbonyl (C=O) groups excluding carboxylic acids is 1. The zero-order valence-corrected chi connectivity index (χ0v) is 20.0. The monoisotopic (exact) mass is 463 g/mol. The van der Waals surface area contributed by atoms with Crippen molar-refractivity contribution in [1.82, 2.24) is 24.1 Å². The molecule has 33 heavy (non-hydrogen) atoms. The quantitative estimate of drug-likeness (QED) is 0.522. The van der Waals surface area contributed by atoms with Crippen molar-refractivity contribution >= 4 is 17.7 Å². The lowest BCUT2D eigenvalue weighted by molar-refractivity contribution is -0.129. The number of hydrogen-bond acceptors (Lipinski definition) is 4. The first-order valence-corrected chi connectivity index (χ1v) is 13.3. The van der Waals surface area contributed by atoms with Gasteiger partial charge in [0, 0.05) is 42.8 Å². The van der Waals surface area contributed by atoms with Crippen LogP contribution in [0.2, 0.25) is 0 Å². The van der Waals surface area contributed by atoms with E-state index in [4.69, 9.17) is 0 Å². The second kappa shape index (κ2) is 10.6. The molecular weight excluding hydrogens is 430 g/mol. The Kier molecular flexibility index (Phi) is 7.17. The number of likely N-dealkylation sites (tertiary alicyclic amines) is 2. The molecule has 2 saturated heterocycles. The Bertz CT molecular complexity index is 1020. The molecule has 0 unspecified atom stereocenters. The Balaban J connectivity index is 1.18. The fourth-order valence-corrected chi connectivity index (χ4v) is 5.97. The normalized spacial score (nSPS) is 18.0. The topological polar surface area (TPSA) is 46.3 Å². The summed E-state index contributed by atoms with van der Waals surface area (Å²) in [6, 6.07) is 14.9. The number of benzene rings is 1. The fourth-order valence-electron chi connectivity index (χ4n) is 5.09. The molecule has 1 aromatic carbocycles. The van der Waals surface area contributed by atoms with Gasteiger partial charge in [-0.2, -0.15) is 5.10 Å². The maximum atomic E-state index is 12.9. The van der Waals surface area contributed by atoms with E-state index >= 15 is 0 Å². The first-order valence-electron chi connectivity index (χ1n) is 12.1. The number of hydrogen-bond donors (Lipinski definition) is 0. The lowest BCUT2D eigenvalue weighted by Gasteiger charge is -2.40. The smallest absolute Gasteiger partial charge is 0.232 e. The summed E-state index contributed by atoms with van der Waals surface area (Å²) in [5.41, 5.74) is 2.17. The molecule has 1 amide bonds. The van der Waals surface area contributed by atoms with E-state index in [0.717, 1.165) is 48.8 Å². The molecule has 2 aliphatic rings. The highest BCUT2D eigenvalue weighted by molar-refractivity contribution is 7.99. The van der Waals surface area contributed by atoms with Crippen LogP contribution in [-0.2, 0) is 10.5 Å². The van der Waals surface area contributed by atoms with Crippen molar-refractivity contribution < 1.29 is 4.79 Å². The average Bonchev–Trinajstić information content (AvgIpc) is 3.55. The SMILES string of the molecule is O=C(CSCc1cnn(-c2ccccc2)c1-n1cccc1)N1CCC(N2CCCCC2)CC1. The van der Waals surface area contributed by atoms with E-state index < -0.39 is 0 Å². The number of amides is 1. The van der Waals surface area contributed by atoms with Crippen LogP contribution in [0.1, 0.15) is 37.7 Å². The van der Waals surface area contributed by atoms with E-state index in [1.165, 1.54) is 32.4 Å². The number of rotatable bonds is 7. The standard InChI is InChI=1S/C26H33N5OS/c32-25(29-17-11-23(12-18-29)28-13-5-2-6-14-28)21-33-20-22-19-27-31(24-9-3-1-4-10-24)26(22)30-15-7-8-16-30/h1,3-4,7-10,15-16,19,23H,2,5-6,11-14,17-18,20-21H2. The first kappa shape index (κ1) is 22.3. The molecule has 3 aromatic rings. The highest BCUT2D eigenvalue weighted by Gasteiger charge is 2.27. The Morgan fingerprint density at radius 1 is 0.939 bits per heavy atom. The van der Waals surface area contributed by atoms with Gasteiger partial charge in [-0.25, -0.2) is 4.68 Å². The van der Waals surface area contributed by atoms with Crippen LogP contribution in [0.4, 0.5) is 0 Å². The zero-order valence-electron chi connectivity index (χ0n) is 19.2. The van der Waals surface area contributed by atoms with Crippen LogP contribution in [-0.4, -0.2) is 68.0 Å². The van der Waals surface area contributed by atoms with Crippen LogP contribution in [0.15, 0.2) is 61.1 Å². The van der Waals surface area contributed by atoms with Crippen molar-refractivity contribution in [2.75, 3.05) is 31.9 Å². The molecule has 0 N–H and O–H groups in total. The first-order chi connectivity index (χ1) is 16.3. The minimum absolute atomic E-state index is 0.273. The van der Waals surface area contributed by atoms with Gasteiger partial charge in [-0.1, -0.05) is 24.6 Å². The van der Waals surface area contributed by atoms with E-state index in [0.29, 0.717) is 11.8 Å². The average molecular weight is 464 g/mol. The second-order valence-corrected chi connectivity index (χ2v) is 10.0. The van der Waals surface area contributed by atoms with E-state index in [2.05, 4.69) is 31.6 Å². The van der Waals surface area contributed by atoms with Crippen molar-refractivity contribution in [3.05, 3.63) is 66.6 Å². The molecule has 4 heterocycles. The predicted molar refractivity (Wildman–Crippen MR) is 134 cm³/mol. The summed E-state index contributed by atoms with van der Waals surface area (Å²) in [6.07, 6.45) is 12.3. The van der Waals surface area contributed by atoms with Crippen LogP contribution in [0, 0.1) is 0 Å². The molecule has 2 aliphatic heterocycles. The molecule has 0 radical (unpaired) electrons. The van der Waals surface area contributed by atoms with Gasteiger partial charge in [0.2, 0.25) is 5.91 Å². The van der Waals surface area contributed by atoms with E-state index in [-0.39, 0.29) is 5.91 Å². The lowest BCUT2D eigenvalue weighted by Crippen LogP contribution is -2.48. The van der Waals surface area contributed by atoms with Gasteiger partial charge in [0.25, 0.3) is 0 Å². The third-order valence-electron chi connectivity index (χ3n) is 6.87. The van der Waals surface area contributed by atoms with E-state index in [1.807, 2.05) is 53.6 Å². The van der Waals surface area contributed by atoms with Crippen molar-refractivity contribution in [3.63, 3.8) is 0 Å². The fraction of sp³-hybridized carbons (Fsp3) is 0.462. The Hall–Kier alpha value is -2.51. The molecule has 0 spiro atoms. The molecular formula is C26H33N5OS. The summed E-state index contributed by atoms with van der Waals surface area (Å²) in [6.45, 7) is 4.30. The van der Waals surface area contributed by atoms with Crippen LogP contribution >= 0.6 is 11.8 Å². The second-order valence-electron chi connectivity index (χ2n) is 9.03. The zero-order chi connectivity index (χ0) is 22.5. The number of aromatic nitrogens is 3. The van der Waals surface area contributed by atoms with Gasteiger partial charge in [-0.15, -0.1) is 11.8 Å². The molecule has 6 nitrogen and oxygen atoms in total. The molecule has 174 valence electrons. The molecule has 0 saturated carbocycles. The minimum Gasteiger partial charge on any atom is -0.342 e. The largest absolute Gasteiger partial charge is 0.342 e. The van der Waals surface area contributed by atoms with Gasteiger partial charge in [0.1, 0.15) is 5.82 Å². The minimum atomic E-state index is 0.273. The van der Waals surface area contributed by atoms with Gasteiger partial charge in [0.15, 0.2) is 0 Å². The maximum absolute atomic E-state index is 12.9. The van der Waals surface area contributed by atoms with Crippen LogP contribution in [0.25, 0.3) is 11.5 Å². The van der Waals surface area contributed by atoms with Crippen molar-refractivity contribution in [2.45, 2.75) is 43.9 Å². The predicted octanol–water partition coefficient (Wildman–Crippen LogP) is 4.37. The number of piperidine rings is 2. The summed E-state index contributed by atoms with van der Waals surface area (Å²) in [5, 5.41) is 4.67. The number of carbonyl (C=O) groups is 1. The molecule has 5 rings (SSSR count). The summed E-state index contributed by atoms with van der Waals surface area (Å²) in [5.74, 6) is 2.59. The maximum Gasteiger partial charge on any atom is 0.232 e. The number of para-hydroxylation sites is 1. The summed E-state index contributed by atoms with van der Waals surface area (Å²) < 4.78 is 4.08. The van der Waals surface area contributed by atoms with E-state index in [9.17, 15) is 4.79 Å².